The molecule has 1 rings (SSSR count). The predicted octanol–water partition coefficient (Wildman–Crippen LogP) is 1.38. The van der Waals surface area contributed by atoms with Crippen LogP contribution in [0.2, 0.25) is 0 Å². The fourth-order valence-electron chi connectivity index (χ4n) is 1.95. The number of hydrogen-bond acceptors (Lipinski definition) is 4. The van der Waals surface area contributed by atoms with Gasteiger partial charge in [-0.15, -0.1) is 0 Å². The quantitative estimate of drug-likeness (QED) is 0.603. The predicted molar refractivity (Wildman–Crippen MR) is 68.1 cm³/mol. The van der Waals surface area contributed by atoms with Crippen LogP contribution >= 0.6 is 0 Å². The number of rotatable bonds is 5. The average Bonchev–Trinajstić information content (AvgIpc) is 2.63. The van der Waals surface area contributed by atoms with E-state index in [-0.39, 0.29) is 17.6 Å². The monoisotopic (exact) mass is 240 g/mol. The molecule has 0 saturated carbocycles. The second-order valence-electron chi connectivity index (χ2n) is 5.30. The third-order valence-corrected chi connectivity index (χ3v) is 2.73. The molecular formula is C12H24N4O. The molecule has 1 aromatic heterocycles. The lowest BCUT2D eigenvalue weighted by Crippen LogP contribution is -2.45. The molecule has 0 amide bonds. The van der Waals surface area contributed by atoms with Crippen molar-refractivity contribution in [2.75, 3.05) is 6.61 Å². The summed E-state index contributed by atoms with van der Waals surface area (Å²) in [6.07, 6.45) is 1.89. The summed E-state index contributed by atoms with van der Waals surface area (Å²) < 4.78 is 7.60. The van der Waals surface area contributed by atoms with E-state index < -0.39 is 0 Å². The van der Waals surface area contributed by atoms with Gasteiger partial charge < -0.3 is 4.74 Å². The van der Waals surface area contributed by atoms with Crippen LogP contribution in [0.25, 0.3) is 0 Å². The Kier molecular flexibility index (Phi) is 4.68. The Hall–Kier alpha value is -0.910. The van der Waals surface area contributed by atoms with Crippen molar-refractivity contribution in [3.05, 3.63) is 18.0 Å². The number of aromatic nitrogens is 2. The summed E-state index contributed by atoms with van der Waals surface area (Å²) in [7, 11) is 1.89. The zero-order valence-corrected chi connectivity index (χ0v) is 11.4. The first-order valence-electron chi connectivity index (χ1n) is 5.97. The molecule has 2 atom stereocenters. The van der Waals surface area contributed by atoms with Gasteiger partial charge in [0, 0.05) is 19.9 Å². The number of nitrogens with one attached hydrogen (secondary N) is 1. The molecule has 0 aliphatic heterocycles. The lowest BCUT2D eigenvalue weighted by molar-refractivity contribution is -0.0376. The first-order chi connectivity index (χ1) is 7.90. The van der Waals surface area contributed by atoms with Gasteiger partial charge in [-0.2, -0.15) is 5.10 Å². The van der Waals surface area contributed by atoms with Crippen LogP contribution in [0.4, 0.5) is 0 Å². The van der Waals surface area contributed by atoms with E-state index in [9.17, 15) is 0 Å². The standard InChI is InChI=1S/C12H24N4O/c1-6-17-11(12(2,3)4)10(14-13)9-7-8-16(5)15-9/h7-8,10-11,14H,6,13H2,1-5H3. The van der Waals surface area contributed by atoms with Crippen molar-refractivity contribution in [1.29, 1.82) is 0 Å². The topological polar surface area (TPSA) is 65.1 Å². The molecule has 0 radical (unpaired) electrons. The molecule has 0 spiro atoms. The molecule has 1 heterocycles. The number of nitrogens with two attached hydrogens (primary N) is 1. The molecule has 98 valence electrons. The first kappa shape index (κ1) is 14.2. The summed E-state index contributed by atoms with van der Waals surface area (Å²) in [4.78, 5) is 0. The van der Waals surface area contributed by atoms with Gasteiger partial charge >= 0.3 is 0 Å². The zero-order chi connectivity index (χ0) is 13.1. The highest BCUT2D eigenvalue weighted by atomic mass is 16.5. The summed E-state index contributed by atoms with van der Waals surface area (Å²) >= 11 is 0. The van der Waals surface area contributed by atoms with Gasteiger partial charge in [0.05, 0.1) is 17.8 Å². The zero-order valence-electron chi connectivity index (χ0n) is 11.4. The Balaban J connectivity index is 2.97. The largest absolute Gasteiger partial charge is 0.376 e. The van der Waals surface area contributed by atoms with Crippen molar-refractivity contribution in [3.63, 3.8) is 0 Å². The number of hydrazine groups is 1. The van der Waals surface area contributed by atoms with Crippen LogP contribution in [0, 0.1) is 5.41 Å². The summed E-state index contributed by atoms with van der Waals surface area (Å²) in [6, 6.07) is 1.86. The van der Waals surface area contributed by atoms with Crippen molar-refractivity contribution >= 4 is 0 Å². The Morgan fingerprint density at radius 2 is 2.18 bits per heavy atom. The lowest BCUT2D eigenvalue weighted by atomic mass is 9.83. The Labute approximate surface area is 103 Å². The van der Waals surface area contributed by atoms with Gasteiger partial charge in [-0.1, -0.05) is 20.8 Å². The molecule has 0 saturated heterocycles. The van der Waals surface area contributed by atoms with Crippen LogP contribution in [-0.2, 0) is 11.8 Å². The minimum absolute atomic E-state index is 0.00936. The van der Waals surface area contributed by atoms with Crippen LogP contribution in [-0.4, -0.2) is 22.5 Å². The second kappa shape index (κ2) is 5.62. The Bertz CT molecular complexity index is 343. The van der Waals surface area contributed by atoms with Crippen LogP contribution < -0.4 is 11.3 Å². The SMILES string of the molecule is CCOC(C(NN)c1ccn(C)n1)C(C)(C)C. The summed E-state index contributed by atoms with van der Waals surface area (Å²) in [6.45, 7) is 9.07. The van der Waals surface area contributed by atoms with Crippen LogP contribution in [0.5, 0.6) is 0 Å². The molecular weight excluding hydrogens is 216 g/mol. The maximum atomic E-state index is 5.83. The molecule has 2 unspecified atom stereocenters. The van der Waals surface area contributed by atoms with E-state index >= 15 is 0 Å². The van der Waals surface area contributed by atoms with Gasteiger partial charge in [0.25, 0.3) is 0 Å². The van der Waals surface area contributed by atoms with Crippen LogP contribution in [0.3, 0.4) is 0 Å². The smallest absolute Gasteiger partial charge is 0.0917 e. The number of ether oxygens (including phenoxy) is 1. The van der Waals surface area contributed by atoms with E-state index in [1.165, 1.54) is 0 Å². The second-order valence-corrected chi connectivity index (χ2v) is 5.30. The van der Waals surface area contributed by atoms with Gasteiger partial charge in [0.2, 0.25) is 0 Å². The van der Waals surface area contributed by atoms with Crippen LogP contribution in [0.1, 0.15) is 39.4 Å². The van der Waals surface area contributed by atoms with Crippen LogP contribution in [0.15, 0.2) is 12.3 Å². The molecule has 17 heavy (non-hydrogen) atoms. The van der Waals surface area contributed by atoms with E-state index in [0.717, 1.165) is 5.69 Å². The molecule has 0 aliphatic rings. The Morgan fingerprint density at radius 3 is 2.53 bits per heavy atom. The van der Waals surface area contributed by atoms with E-state index in [1.807, 2.05) is 26.2 Å². The highest BCUT2D eigenvalue weighted by Gasteiger charge is 2.34. The summed E-state index contributed by atoms with van der Waals surface area (Å²) in [5.41, 5.74) is 3.72. The fraction of sp³-hybridized carbons (Fsp3) is 0.750. The molecule has 0 aromatic carbocycles. The van der Waals surface area contributed by atoms with E-state index in [2.05, 4.69) is 31.3 Å². The number of aryl methyl sites for hydroxylation is 1. The minimum atomic E-state index is -0.101. The van der Waals surface area contributed by atoms with Gasteiger partial charge in [-0.05, 0) is 18.4 Å². The molecule has 5 nitrogen and oxygen atoms in total. The average molecular weight is 240 g/mol. The van der Waals surface area contributed by atoms with Gasteiger partial charge in [-0.25, -0.2) is 5.43 Å². The van der Waals surface area contributed by atoms with E-state index in [4.69, 9.17) is 10.6 Å². The van der Waals surface area contributed by atoms with Crippen molar-refractivity contribution in [2.24, 2.45) is 18.3 Å². The molecule has 1 aromatic rings. The molecule has 0 fully saturated rings. The number of hydrogen-bond donors (Lipinski definition) is 2. The van der Waals surface area contributed by atoms with Gasteiger partial charge in [0.15, 0.2) is 0 Å². The first-order valence-corrected chi connectivity index (χ1v) is 5.97. The minimum Gasteiger partial charge on any atom is -0.376 e. The van der Waals surface area contributed by atoms with Crippen molar-refractivity contribution in [1.82, 2.24) is 15.2 Å². The summed E-state index contributed by atoms with van der Waals surface area (Å²) in [5.74, 6) is 5.66. The van der Waals surface area contributed by atoms with E-state index in [1.54, 1.807) is 4.68 Å². The molecule has 0 aliphatic carbocycles. The Morgan fingerprint density at radius 1 is 1.53 bits per heavy atom. The normalized spacial score (nSPS) is 15.9. The van der Waals surface area contributed by atoms with Gasteiger partial charge in [0.1, 0.15) is 0 Å². The lowest BCUT2D eigenvalue weighted by Gasteiger charge is -2.35. The highest BCUT2D eigenvalue weighted by molar-refractivity contribution is 5.09. The van der Waals surface area contributed by atoms with Gasteiger partial charge in [-0.3, -0.25) is 10.5 Å². The third kappa shape index (κ3) is 3.52. The molecule has 0 bridgehead atoms. The molecule has 5 heteroatoms. The number of nitrogens with zero attached hydrogens (tertiary/aromatic N) is 2. The summed E-state index contributed by atoms with van der Waals surface area (Å²) in [5, 5.41) is 4.39. The van der Waals surface area contributed by atoms with Crippen molar-refractivity contribution in [2.45, 2.75) is 39.8 Å². The molecule has 3 N–H and O–H groups in total. The third-order valence-electron chi connectivity index (χ3n) is 2.73. The maximum Gasteiger partial charge on any atom is 0.0917 e. The van der Waals surface area contributed by atoms with Crippen molar-refractivity contribution < 1.29 is 4.74 Å². The fourth-order valence-corrected chi connectivity index (χ4v) is 1.95. The van der Waals surface area contributed by atoms with Crippen molar-refractivity contribution in [3.8, 4) is 0 Å². The maximum absolute atomic E-state index is 5.83. The van der Waals surface area contributed by atoms with E-state index in [0.29, 0.717) is 6.61 Å². The highest BCUT2D eigenvalue weighted by Crippen LogP contribution is 2.31.